The Morgan fingerprint density at radius 1 is 1.71 bits per heavy atom. The van der Waals surface area contributed by atoms with Crippen molar-refractivity contribution in [3.05, 3.63) is 0 Å². The second-order valence-electron chi connectivity index (χ2n) is 1.55. The van der Waals surface area contributed by atoms with Crippen molar-refractivity contribution in [1.29, 1.82) is 0 Å². The molecule has 0 aromatic rings. The van der Waals surface area contributed by atoms with Gasteiger partial charge in [-0.3, -0.25) is 0 Å². The van der Waals surface area contributed by atoms with E-state index in [1.807, 2.05) is 0 Å². The van der Waals surface area contributed by atoms with Crippen molar-refractivity contribution in [3.63, 3.8) is 0 Å². The highest BCUT2D eigenvalue weighted by atomic mass is 32.1. The summed E-state index contributed by atoms with van der Waals surface area (Å²) in [6.45, 7) is 1.12. The highest BCUT2D eigenvalue weighted by Gasteiger charge is 2.11. The van der Waals surface area contributed by atoms with Gasteiger partial charge in [0.1, 0.15) is 0 Å². The molecule has 0 amide bonds. The van der Waals surface area contributed by atoms with Gasteiger partial charge in [-0.05, 0) is 18.2 Å². The van der Waals surface area contributed by atoms with Crippen LogP contribution in [-0.4, -0.2) is 12.6 Å². The molecule has 1 N–H and O–H groups in total. The zero-order chi connectivity index (χ0) is 5.11. The van der Waals surface area contributed by atoms with Crippen molar-refractivity contribution in [3.8, 4) is 11.2 Å². The number of hydrogen-bond acceptors (Lipinski definition) is 2. The molecule has 0 aliphatic carbocycles. The Hall–Kier alpha value is -0.130. The third-order valence-corrected chi connectivity index (χ3v) is 1.19. The summed E-state index contributed by atoms with van der Waals surface area (Å²) in [5.74, 6) is 2.89. The van der Waals surface area contributed by atoms with Gasteiger partial charge in [0, 0.05) is 0 Å². The zero-order valence-electron chi connectivity index (χ0n) is 3.94. The quantitative estimate of drug-likeness (QED) is 0.339. The summed E-state index contributed by atoms with van der Waals surface area (Å²) in [5.41, 5.74) is 0. The van der Waals surface area contributed by atoms with Gasteiger partial charge in [0.2, 0.25) is 0 Å². The molecule has 7 heavy (non-hydrogen) atoms. The lowest BCUT2D eigenvalue weighted by molar-refractivity contribution is 0.449. The van der Waals surface area contributed by atoms with Crippen LogP contribution >= 0.6 is 12.6 Å². The van der Waals surface area contributed by atoms with E-state index in [1.165, 1.54) is 6.42 Å². The summed E-state index contributed by atoms with van der Waals surface area (Å²) >= 11 is 3.75. The number of nitrogens with one attached hydrogen (secondary N) is 1. The van der Waals surface area contributed by atoms with Crippen LogP contribution in [0.15, 0.2) is 0 Å². The summed E-state index contributed by atoms with van der Waals surface area (Å²) in [5, 5.41) is 5.68. The molecule has 0 spiro atoms. The topological polar surface area (TPSA) is 12.0 Å². The van der Waals surface area contributed by atoms with E-state index in [0.29, 0.717) is 6.04 Å². The molecule has 1 fully saturated rings. The van der Waals surface area contributed by atoms with Gasteiger partial charge in [-0.15, -0.1) is 0 Å². The molecule has 1 aliphatic rings. The van der Waals surface area contributed by atoms with Gasteiger partial charge in [-0.1, -0.05) is 18.5 Å². The van der Waals surface area contributed by atoms with Crippen LogP contribution < -0.4 is 5.32 Å². The van der Waals surface area contributed by atoms with E-state index < -0.39 is 0 Å². The highest BCUT2D eigenvalue weighted by Crippen LogP contribution is 1.98. The van der Waals surface area contributed by atoms with Gasteiger partial charge in [0.05, 0.1) is 6.04 Å². The monoisotopic (exact) mass is 113 g/mol. The third kappa shape index (κ3) is 1.12. The number of thiol groups is 1. The lowest BCUT2D eigenvalue weighted by atomic mass is 10.1. The lowest BCUT2D eigenvalue weighted by Gasteiger charge is -2.21. The van der Waals surface area contributed by atoms with E-state index in [9.17, 15) is 0 Å². The average Bonchev–Trinajstić information content (AvgIpc) is 1.55. The van der Waals surface area contributed by atoms with Gasteiger partial charge < -0.3 is 5.32 Å². The molecule has 1 saturated heterocycles. The van der Waals surface area contributed by atoms with Crippen molar-refractivity contribution in [2.45, 2.75) is 12.5 Å². The van der Waals surface area contributed by atoms with E-state index in [-0.39, 0.29) is 0 Å². The van der Waals surface area contributed by atoms with Gasteiger partial charge in [0.25, 0.3) is 0 Å². The van der Waals surface area contributed by atoms with E-state index in [0.717, 1.165) is 6.54 Å². The second-order valence-corrected chi connectivity index (χ2v) is 1.78. The van der Waals surface area contributed by atoms with Gasteiger partial charge in [0.15, 0.2) is 0 Å². The van der Waals surface area contributed by atoms with Crippen LogP contribution in [0.3, 0.4) is 0 Å². The van der Waals surface area contributed by atoms with Crippen LogP contribution in [0, 0.1) is 11.2 Å². The maximum Gasteiger partial charge on any atom is 0.0710 e. The molecule has 2 heteroatoms. The largest absolute Gasteiger partial charge is 0.304 e. The van der Waals surface area contributed by atoms with Crippen molar-refractivity contribution in [2.24, 2.45) is 0 Å². The molecule has 1 atom stereocenters. The summed E-state index contributed by atoms with van der Waals surface area (Å²) in [6.07, 6.45) is 1.19. The molecular formula is C5H7NS. The maximum absolute atomic E-state index is 3.75. The van der Waals surface area contributed by atoms with Crippen LogP contribution in [0.1, 0.15) is 6.42 Å². The van der Waals surface area contributed by atoms with Crippen molar-refractivity contribution < 1.29 is 0 Å². The normalized spacial score (nSPS) is 27.3. The number of hydrogen-bond donors (Lipinski definition) is 2. The Morgan fingerprint density at radius 2 is 2.43 bits per heavy atom. The molecule has 38 valence electrons. The predicted octanol–water partition coefficient (Wildman–Crippen LogP) is 0.239. The van der Waals surface area contributed by atoms with E-state index in [4.69, 9.17) is 0 Å². The van der Waals surface area contributed by atoms with Crippen molar-refractivity contribution >= 4 is 12.6 Å². The summed E-state index contributed by atoms with van der Waals surface area (Å²) in [6, 6.07) is 0.442. The molecule has 0 radical (unpaired) electrons. The van der Waals surface area contributed by atoms with Gasteiger partial charge in [-0.25, -0.2) is 0 Å². The smallest absolute Gasteiger partial charge is 0.0710 e. The van der Waals surface area contributed by atoms with Gasteiger partial charge >= 0.3 is 0 Å². The Bertz CT molecular complexity index is 107. The minimum absolute atomic E-state index is 0.442. The molecule has 0 aromatic carbocycles. The molecule has 1 heterocycles. The molecule has 1 unspecified atom stereocenters. The van der Waals surface area contributed by atoms with E-state index in [1.54, 1.807) is 0 Å². The first-order valence-corrected chi connectivity index (χ1v) is 2.76. The van der Waals surface area contributed by atoms with Crippen LogP contribution in [0.4, 0.5) is 0 Å². The lowest BCUT2D eigenvalue weighted by Crippen LogP contribution is -2.41. The fourth-order valence-electron chi connectivity index (χ4n) is 0.490. The molecular weight excluding hydrogens is 106 g/mol. The van der Waals surface area contributed by atoms with Gasteiger partial charge in [-0.2, -0.15) is 0 Å². The maximum atomic E-state index is 3.75. The van der Waals surface area contributed by atoms with Crippen molar-refractivity contribution in [1.82, 2.24) is 5.32 Å². The van der Waals surface area contributed by atoms with Crippen LogP contribution in [-0.2, 0) is 0 Å². The molecule has 0 saturated carbocycles. The second kappa shape index (κ2) is 2.25. The summed E-state index contributed by atoms with van der Waals surface area (Å²) in [7, 11) is 0. The molecule has 1 aliphatic heterocycles. The molecule has 0 aromatic heterocycles. The first kappa shape index (κ1) is 5.02. The predicted molar refractivity (Wildman–Crippen MR) is 33.2 cm³/mol. The Labute approximate surface area is 48.9 Å². The first-order chi connectivity index (χ1) is 3.43. The van der Waals surface area contributed by atoms with E-state index in [2.05, 4.69) is 29.1 Å². The van der Waals surface area contributed by atoms with Crippen LogP contribution in [0.2, 0.25) is 0 Å². The Morgan fingerprint density at radius 3 is 2.57 bits per heavy atom. The molecule has 1 nitrogen and oxygen atoms in total. The zero-order valence-corrected chi connectivity index (χ0v) is 4.83. The standard InChI is InChI=1S/C5H7NS/c7-4-2-5-1-3-6-5/h5-7H,1,3H2. The minimum atomic E-state index is 0.442. The molecule has 0 bridgehead atoms. The van der Waals surface area contributed by atoms with Crippen molar-refractivity contribution in [2.75, 3.05) is 6.54 Å². The fraction of sp³-hybridized carbons (Fsp3) is 0.600. The van der Waals surface area contributed by atoms with Crippen LogP contribution in [0.5, 0.6) is 0 Å². The Balaban J connectivity index is 2.23. The van der Waals surface area contributed by atoms with E-state index >= 15 is 0 Å². The summed E-state index contributed by atoms with van der Waals surface area (Å²) in [4.78, 5) is 0. The molecule has 1 rings (SSSR count). The minimum Gasteiger partial charge on any atom is -0.304 e. The number of rotatable bonds is 0. The third-order valence-electron chi connectivity index (χ3n) is 1.06. The summed E-state index contributed by atoms with van der Waals surface area (Å²) < 4.78 is 0. The van der Waals surface area contributed by atoms with Crippen LogP contribution in [0.25, 0.3) is 0 Å². The SMILES string of the molecule is SC#CC1CCN1. The highest BCUT2D eigenvalue weighted by molar-refractivity contribution is 7.85. The fourth-order valence-corrected chi connectivity index (χ4v) is 0.646. The average molecular weight is 113 g/mol. The first-order valence-electron chi connectivity index (χ1n) is 2.31. The Kier molecular flexibility index (Phi) is 1.61.